The van der Waals surface area contributed by atoms with Crippen LogP contribution in [0, 0.1) is 11.3 Å². The lowest BCUT2D eigenvalue weighted by atomic mass is 10.2. The molecular weight excluding hydrogens is 323 g/mol. The van der Waals surface area contributed by atoms with Gasteiger partial charge in [0.25, 0.3) is 5.91 Å². The van der Waals surface area contributed by atoms with E-state index in [1.54, 1.807) is 6.07 Å². The molecule has 0 saturated carbocycles. The summed E-state index contributed by atoms with van der Waals surface area (Å²) in [5, 5.41) is 18.6. The number of benzene rings is 1. The van der Waals surface area contributed by atoms with Crippen molar-refractivity contribution >= 4 is 46.4 Å². The number of amides is 1. The average molecular weight is 328 g/mol. The maximum Gasteiger partial charge on any atom is 0.258 e. The fourth-order valence-corrected chi connectivity index (χ4v) is 1.94. The molecule has 0 bridgehead atoms. The SMILES string of the molecule is N#Cc1ccc(NC(=O)c2cc(Cl)nnc2Cl)cc1Cl. The molecule has 20 heavy (non-hydrogen) atoms. The molecule has 0 saturated heterocycles. The highest BCUT2D eigenvalue weighted by Gasteiger charge is 2.14. The first kappa shape index (κ1) is 14.5. The van der Waals surface area contributed by atoms with Crippen molar-refractivity contribution in [1.29, 1.82) is 5.26 Å². The summed E-state index contributed by atoms with van der Waals surface area (Å²) in [6.45, 7) is 0. The molecule has 8 heteroatoms. The predicted octanol–water partition coefficient (Wildman–Crippen LogP) is 3.56. The van der Waals surface area contributed by atoms with E-state index < -0.39 is 5.91 Å². The summed E-state index contributed by atoms with van der Waals surface area (Å²) in [5.74, 6) is -0.507. The molecule has 100 valence electrons. The molecule has 5 nitrogen and oxygen atoms in total. The zero-order valence-electron chi connectivity index (χ0n) is 9.69. The van der Waals surface area contributed by atoms with E-state index in [9.17, 15) is 4.79 Å². The summed E-state index contributed by atoms with van der Waals surface area (Å²) in [5.41, 5.74) is 0.825. The second kappa shape index (κ2) is 6.06. The molecule has 1 amide bonds. The summed E-state index contributed by atoms with van der Waals surface area (Å²) in [6, 6.07) is 7.73. The first-order valence-corrected chi connectivity index (χ1v) is 6.34. The lowest BCUT2D eigenvalue weighted by Gasteiger charge is -2.07. The molecule has 1 heterocycles. The number of halogens is 3. The minimum atomic E-state index is -0.507. The molecule has 0 atom stereocenters. The minimum Gasteiger partial charge on any atom is -0.322 e. The van der Waals surface area contributed by atoms with Crippen molar-refractivity contribution in [2.75, 3.05) is 5.32 Å². The largest absolute Gasteiger partial charge is 0.322 e. The number of hydrogen-bond acceptors (Lipinski definition) is 4. The molecule has 2 aromatic rings. The van der Waals surface area contributed by atoms with Crippen LogP contribution >= 0.6 is 34.8 Å². The van der Waals surface area contributed by atoms with Gasteiger partial charge in [-0.15, -0.1) is 10.2 Å². The molecule has 0 aliphatic heterocycles. The molecule has 0 unspecified atom stereocenters. The lowest BCUT2D eigenvalue weighted by molar-refractivity contribution is 0.102. The van der Waals surface area contributed by atoms with Crippen LogP contribution < -0.4 is 5.32 Å². The minimum absolute atomic E-state index is 0.0532. The van der Waals surface area contributed by atoms with Gasteiger partial charge in [0.2, 0.25) is 0 Å². The van der Waals surface area contributed by atoms with Crippen molar-refractivity contribution in [2.24, 2.45) is 0 Å². The normalized spacial score (nSPS) is 9.90. The van der Waals surface area contributed by atoms with E-state index in [2.05, 4.69) is 15.5 Å². The second-order valence-corrected chi connectivity index (χ2v) is 4.78. The number of nitriles is 1. The standard InChI is InChI=1S/C12H5Cl3N4O/c13-9-3-7(2-1-6(9)5-16)17-12(20)8-4-10(14)18-19-11(8)15/h1-4H,(H,17,20). The number of rotatable bonds is 2. The summed E-state index contributed by atoms with van der Waals surface area (Å²) in [4.78, 5) is 12.0. The maximum atomic E-state index is 12.0. The van der Waals surface area contributed by atoms with Gasteiger partial charge in [-0.1, -0.05) is 34.8 Å². The highest BCUT2D eigenvalue weighted by molar-refractivity contribution is 6.34. The maximum absolute atomic E-state index is 12.0. The van der Waals surface area contributed by atoms with Crippen LogP contribution in [0.15, 0.2) is 24.3 Å². The number of nitrogens with one attached hydrogen (secondary N) is 1. The molecule has 0 radical (unpaired) electrons. The Hall–Kier alpha value is -1.87. The number of hydrogen-bond donors (Lipinski definition) is 1. The molecule has 1 N–H and O–H groups in total. The Bertz CT molecular complexity index is 727. The summed E-state index contributed by atoms with van der Waals surface area (Å²) in [7, 11) is 0. The van der Waals surface area contributed by atoms with Crippen molar-refractivity contribution in [3.05, 3.63) is 50.7 Å². The Morgan fingerprint density at radius 3 is 2.60 bits per heavy atom. The summed E-state index contributed by atoms with van der Waals surface area (Å²) in [6.07, 6.45) is 0. The quantitative estimate of drug-likeness (QED) is 0.914. The molecule has 2 rings (SSSR count). The molecule has 1 aromatic carbocycles. The van der Waals surface area contributed by atoms with E-state index in [1.165, 1.54) is 18.2 Å². The van der Waals surface area contributed by atoms with Gasteiger partial charge in [0, 0.05) is 5.69 Å². The molecule has 1 aromatic heterocycles. The summed E-state index contributed by atoms with van der Waals surface area (Å²) >= 11 is 17.3. The number of carbonyl (C=O) groups excluding carboxylic acids is 1. The average Bonchev–Trinajstić information content (AvgIpc) is 2.41. The Kier molecular flexibility index (Phi) is 4.40. The fourth-order valence-electron chi connectivity index (χ4n) is 1.39. The first-order valence-electron chi connectivity index (χ1n) is 5.21. The van der Waals surface area contributed by atoms with Crippen molar-refractivity contribution in [3.63, 3.8) is 0 Å². The molecule has 0 aliphatic rings. The van der Waals surface area contributed by atoms with Crippen LogP contribution in [0.2, 0.25) is 15.3 Å². The topological polar surface area (TPSA) is 78.7 Å². The smallest absolute Gasteiger partial charge is 0.258 e. The van der Waals surface area contributed by atoms with Crippen LogP contribution in [-0.2, 0) is 0 Å². The summed E-state index contributed by atoms with van der Waals surface area (Å²) < 4.78 is 0. The van der Waals surface area contributed by atoms with E-state index in [1.807, 2.05) is 6.07 Å². The molecular formula is C12H5Cl3N4O. The van der Waals surface area contributed by atoms with Gasteiger partial charge in [-0.25, -0.2) is 0 Å². The van der Waals surface area contributed by atoms with E-state index in [0.717, 1.165) is 0 Å². The van der Waals surface area contributed by atoms with E-state index in [4.69, 9.17) is 40.1 Å². The predicted molar refractivity (Wildman–Crippen MR) is 76.2 cm³/mol. The Morgan fingerprint density at radius 2 is 1.95 bits per heavy atom. The third-order valence-electron chi connectivity index (χ3n) is 2.31. The van der Waals surface area contributed by atoms with Gasteiger partial charge in [-0.3, -0.25) is 4.79 Å². The third-order valence-corrected chi connectivity index (χ3v) is 3.09. The van der Waals surface area contributed by atoms with Gasteiger partial charge in [-0.05, 0) is 24.3 Å². The van der Waals surface area contributed by atoms with Crippen LogP contribution in [0.4, 0.5) is 5.69 Å². The lowest BCUT2D eigenvalue weighted by Crippen LogP contribution is -2.13. The third kappa shape index (κ3) is 3.17. The van der Waals surface area contributed by atoms with Crippen LogP contribution in [0.1, 0.15) is 15.9 Å². The van der Waals surface area contributed by atoms with Crippen LogP contribution in [0.3, 0.4) is 0 Å². The van der Waals surface area contributed by atoms with Gasteiger partial charge in [-0.2, -0.15) is 5.26 Å². The Morgan fingerprint density at radius 1 is 1.20 bits per heavy atom. The van der Waals surface area contributed by atoms with Crippen molar-refractivity contribution in [2.45, 2.75) is 0 Å². The van der Waals surface area contributed by atoms with E-state index in [0.29, 0.717) is 11.3 Å². The first-order chi connectivity index (χ1) is 9.51. The van der Waals surface area contributed by atoms with Crippen molar-refractivity contribution in [3.8, 4) is 6.07 Å². The van der Waals surface area contributed by atoms with Crippen LogP contribution in [0.25, 0.3) is 0 Å². The van der Waals surface area contributed by atoms with Gasteiger partial charge < -0.3 is 5.32 Å². The molecule has 0 aliphatic carbocycles. The van der Waals surface area contributed by atoms with Crippen molar-refractivity contribution < 1.29 is 4.79 Å². The van der Waals surface area contributed by atoms with Crippen LogP contribution in [-0.4, -0.2) is 16.1 Å². The molecule has 0 fully saturated rings. The van der Waals surface area contributed by atoms with Crippen LogP contribution in [0.5, 0.6) is 0 Å². The van der Waals surface area contributed by atoms with E-state index >= 15 is 0 Å². The number of aromatic nitrogens is 2. The number of carbonyl (C=O) groups is 1. The van der Waals surface area contributed by atoms with Crippen molar-refractivity contribution in [1.82, 2.24) is 10.2 Å². The fraction of sp³-hybridized carbons (Fsp3) is 0. The van der Waals surface area contributed by atoms with Gasteiger partial charge in [0.15, 0.2) is 10.3 Å². The highest BCUT2D eigenvalue weighted by atomic mass is 35.5. The zero-order valence-corrected chi connectivity index (χ0v) is 12.0. The molecule has 0 spiro atoms. The number of nitrogens with zero attached hydrogens (tertiary/aromatic N) is 3. The van der Waals surface area contributed by atoms with Gasteiger partial charge >= 0.3 is 0 Å². The number of anilines is 1. The highest BCUT2D eigenvalue weighted by Crippen LogP contribution is 2.22. The van der Waals surface area contributed by atoms with E-state index in [-0.39, 0.29) is 20.9 Å². The monoisotopic (exact) mass is 326 g/mol. The second-order valence-electron chi connectivity index (χ2n) is 3.63. The Balaban J connectivity index is 2.26. The zero-order chi connectivity index (χ0) is 14.7. The Labute approximate surface area is 129 Å². The van der Waals surface area contributed by atoms with Gasteiger partial charge in [0.05, 0.1) is 16.1 Å². The van der Waals surface area contributed by atoms with Gasteiger partial charge in [0.1, 0.15) is 6.07 Å².